The van der Waals surface area contributed by atoms with Crippen LogP contribution >= 0.6 is 0 Å². The Morgan fingerprint density at radius 2 is 1.76 bits per heavy atom. The molecule has 1 fully saturated rings. The lowest BCUT2D eigenvalue weighted by Crippen LogP contribution is -2.52. The van der Waals surface area contributed by atoms with Gasteiger partial charge >= 0.3 is 12.3 Å². The van der Waals surface area contributed by atoms with Gasteiger partial charge < -0.3 is 9.64 Å². The topological polar surface area (TPSA) is 90.5 Å². The lowest BCUT2D eigenvalue weighted by molar-refractivity contribution is -0.383. The maximum atomic E-state index is 12.9. The Labute approximate surface area is 186 Å². The number of fused-ring (bicyclic) bond motifs is 1. The summed E-state index contributed by atoms with van der Waals surface area (Å²) in [5, 5.41) is 16.7. The minimum absolute atomic E-state index is 0.172. The summed E-state index contributed by atoms with van der Waals surface area (Å²) in [7, 11) is 0. The Morgan fingerprint density at radius 3 is 2.30 bits per heavy atom. The van der Waals surface area contributed by atoms with E-state index in [2.05, 4.69) is 5.10 Å². The van der Waals surface area contributed by atoms with E-state index in [1.165, 1.54) is 33.8 Å². The van der Waals surface area contributed by atoms with Crippen molar-refractivity contribution in [3.8, 4) is 11.3 Å². The molecule has 1 aromatic heterocycles. The Hall–Kier alpha value is -3.63. The second-order valence-corrected chi connectivity index (χ2v) is 8.84. The molecule has 0 radical (unpaired) electrons. The van der Waals surface area contributed by atoms with E-state index in [9.17, 15) is 28.1 Å². The monoisotopic (exact) mass is 462 g/mol. The Morgan fingerprint density at radius 1 is 1.12 bits per heavy atom. The van der Waals surface area contributed by atoms with Gasteiger partial charge in [-0.15, -0.1) is 0 Å². The number of ether oxygens (including phenoxy) is 1. The number of halogens is 3. The van der Waals surface area contributed by atoms with Gasteiger partial charge in [-0.2, -0.15) is 18.3 Å². The van der Waals surface area contributed by atoms with E-state index in [0.29, 0.717) is 16.6 Å². The van der Waals surface area contributed by atoms with Crippen molar-refractivity contribution in [2.24, 2.45) is 0 Å². The second kappa shape index (κ2) is 7.75. The minimum Gasteiger partial charge on any atom is -0.444 e. The first-order chi connectivity index (χ1) is 15.3. The summed E-state index contributed by atoms with van der Waals surface area (Å²) in [5.74, 6) is 0. The molecule has 1 aliphatic rings. The van der Waals surface area contributed by atoms with Crippen molar-refractivity contribution in [2.45, 2.75) is 38.6 Å². The summed E-state index contributed by atoms with van der Waals surface area (Å²) in [6.07, 6.45) is -4.97. The van der Waals surface area contributed by atoms with Gasteiger partial charge in [0.2, 0.25) is 0 Å². The molecule has 174 valence electrons. The number of non-ortho nitro benzene ring substituents is 1. The van der Waals surface area contributed by atoms with E-state index in [-0.39, 0.29) is 30.3 Å². The van der Waals surface area contributed by atoms with Crippen LogP contribution in [0.4, 0.5) is 23.7 Å². The van der Waals surface area contributed by atoms with E-state index in [1.807, 2.05) is 0 Å². The Balaban J connectivity index is 1.72. The van der Waals surface area contributed by atoms with Crippen molar-refractivity contribution in [1.82, 2.24) is 14.7 Å². The number of carbonyl (C=O) groups excluding carboxylic acids is 1. The van der Waals surface area contributed by atoms with Gasteiger partial charge in [-0.1, -0.05) is 24.3 Å². The Bertz CT molecular complexity index is 1220. The second-order valence-electron chi connectivity index (χ2n) is 8.84. The van der Waals surface area contributed by atoms with Crippen LogP contribution in [-0.2, 0) is 10.9 Å². The third kappa shape index (κ3) is 4.35. The summed E-state index contributed by atoms with van der Waals surface area (Å²) in [4.78, 5) is 24.9. The fourth-order valence-corrected chi connectivity index (χ4v) is 3.70. The molecule has 0 unspecified atom stereocenters. The third-order valence-electron chi connectivity index (χ3n) is 5.25. The molecule has 8 nitrogen and oxygen atoms in total. The fourth-order valence-electron chi connectivity index (χ4n) is 3.70. The molecule has 0 aliphatic carbocycles. The molecular weight excluding hydrogens is 441 g/mol. The van der Waals surface area contributed by atoms with Crippen LogP contribution < -0.4 is 0 Å². The van der Waals surface area contributed by atoms with E-state index in [0.717, 1.165) is 12.1 Å². The van der Waals surface area contributed by atoms with Crippen LogP contribution in [0.25, 0.3) is 22.2 Å². The number of aromatic nitrogens is 2. The number of rotatable bonds is 3. The zero-order chi connectivity index (χ0) is 24.1. The molecule has 0 spiro atoms. The van der Waals surface area contributed by atoms with Crippen molar-refractivity contribution in [2.75, 3.05) is 13.1 Å². The molecule has 1 aliphatic heterocycles. The smallest absolute Gasteiger partial charge is 0.416 e. The zero-order valence-corrected chi connectivity index (χ0v) is 18.1. The number of carbonyl (C=O) groups is 1. The molecule has 2 heterocycles. The Kier molecular flexibility index (Phi) is 5.30. The quantitative estimate of drug-likeness (QED) is 0.383. The molecule has 0 atom stereocenters. The number of hydrogen-bond acceptors (Lipinski definition) is 5. The number of nitrogens with zero attached hydrogens (tertiary/aromatic N) is 4. The van der Waals surface area contributed by atoms with Crippen LogP contribution in [0.15, 0.2) is 42.5 Å². The average molecular weight is 462 g/mol. The SMILES string of the molecule is CC(C)(C)OC(=O)N1CC(n2nc(-c3ccc(C(F)(F)F)cc3)c3cccc([N+](=O)[O-])c32)C1. The third-order valence-corrected chi connectivity index (χ3v) is 5.25. The van der Waals surface area contributed by atoms with E-state index < -0.39 is 28.4 Å². The van der Waals surface area contributed by atoms with Crippen LogP contribution in [0.1, 0.15) is 32.4 Å². The van der Waals surface area contributed by atoms with Crippen LogP contribution in [0.2, 0.25) is 0 Å². The molecule has 1 saturated heterocycles. The summed E-state index contributed by atoms with van der Waals surface area (Å²) in [6.45, 7) is 5.74. The van der Waals surface area contributed by atoms with E-state index >= 15 is 0 Å². The number of nitro groups is 1. The summed E-state index contributed by atoms with van der Waals surface area (Å²) < 4.78 is 45.7. The highest BCUT2D eigenvalue weighted by Gasteiger charge is 2.38. The lowest BCUT2D eigenvalue weighted by atomic mass is 10.0. The number of alkyl halides is 3. The van der Waals surface area contributed by atoms with Crippen LogP contribution in [0.5, 0.6) is 0 Å². The first-order valence-corrected chi connectivity index (χ1v) is 10.2. The molecular formula is C22H21F3N4O4. The van der Waals surface area contributed by atoms with Crippen molar-refractivity contribution >= 4 is 22.7 Å². The zero-order valence-electron chi connectivity index (χ0n) is 18.1. The number of benzene rings is 2. The largest absolute Gasteiger partial charge is 0.444 e. The predicted molar refractivity (Wildman–Crippen MR) is 114 cm³/mol. The molecule has 0 N–H and O–H groups in total. The van der Waals surface area contributed by atoms with Crippen molar-refractivity contribution < 1.29 is 27.6 Å². The highest BCUT2D eigenvalue weighted by atomic mass is 19.4. The first kappa shape index (κ1) is 22.6. The summed E-state index contributed by atoms with van der Waals surface area (Å²) in [5.41, 5.74) is -0.642. The first-order valence-electron chi connectivity index (χ1n) is 10.2. The maximum Gasteiger partial charge on any atom is 0.416 e. The highest BCUT2D eigenvalue weighted by Crippen LogP contribution is 2.38. The molecule has 0 saturated carbocycles. The maximum absolute atomic E-state index is 12.9. The van der Waals surface area contributed by atoms with Gasteiger partial charge in [-0.3, -0.25) is 14.8 Å². The highest BCUT2D eigenvalue weighted by molar-refractivity contribution is 5.98. The molecule has 1 amide bonds. The normalized spacial score (nSPS) is 14.9. The van der Waals surface area contributed by atoms with Gasteiger partial charge in [0.15, 0.2) is 0 Å². The molecule has 33 heavy (non-hydrogen) atoms. The molecule has 11 heteroatoms. The average Bonchev–Trinajstić information content (AvgIpc) is 3.04. The van der Waals surface area contributed by atoms with E-state index in [4.69, 9.17) is 4.74 Å². The van der Waals surface area contributed by atoms with Gasteiger partial charge in [-0.25, -0.2) is 4.79 Å². The van der Waals surface area contributed by atoms with Gasteiger partial charge in [0, 0.05) is 30.1 Å². The fraction of sp³-hybridized carbons (Fsp3) is 0.364. The van der Waals surface area contributed by atoms with Crippen LogP contribution in [0, 0.1) is 10.1 Å². The van der Waals surface area contributed by atoms with Crippen molar-refractivity contribution in [3.05, 3.63) is 58.1 Å². The van der Waals surface area contributed by atoms with Gasteiger partial charge in [0.25, 0.3) is 5.69 Å². The van der Waals surface area contributed by atoms with Gasteiger partial charge in [0.1, 0.15) is 16.8 Å². The number of likely N-dealkylation sites (tertiary alicyclic amines) is 1. The lowest BCUT2D eigenvalue weighted by Gasteiger charge is -2.39. The molecule has 2 aromatic carbocycles. The van der Waals surface area contributed by atoms with Gasteiger partial charge in [-0.05, 0) is 32.9 Å². The molecule has 3 aromatic rings. The van der Waals surface area contributed by atoms with Gasteiger partial charge in [0.05, 0.1) is 16.5 Å². The number of nitro benzene ring substituents is 1. The number of amides is 1. The summed E-state index contributed by atoms with van der Waals surface area (Å²) in [6, 6.07) is 8.64. The standard InChI is InChI=1S/C22H21F3N4O4/c1-21(2,3)33-20(30)27-11-15(12-27)28-19-16(5-4-6-17(19)29(31)32)18(26-28)13-7-9-14(10-8-13)22(23,24)25/h4-10,15H,11-12H2,1-3H3. The van der Waals surface area contributed by atoms with Crippen LogP contribution in [-0.4, -0.2) is 44.4 Å². The van der Waals surface area contributed by atoms with Crippen molar-refractivity contribution in [3.63, 3.8) is 0 Å². The van der Waals surface area contributed by atoms with E-state index in [1.54, 1.807) is 26.8 Å². The summed E-state index contributed by atoms with van der Waals surface area (Å²) >= 11 is 0. The number of para-hydroxylation sites is 1. The minimum atomic E-state index is -4.48. The predicted octanol–water partition coefficient (Wildman–Crippen LogP) is 5.42. The molecule has 0 bridgehead atoms. The molecule has 4 rings (SSSR count). The van der Waals surface area contributed by atoms with Crippen LogP contribution in [0.3, 0.4) is 0 Å². The van der Waals surface area contributed by atoms with Crippen molar-refractivity contribution in [1.29, 1.82) is 0 Å². The number of hydrogen-bond donors (Lipinski definition) is 0.